The van der Waals surface area contributed by atoms with Gasteiger partial charge in [-0.15, -0.1) is 0 Å². The van der Waals surface area contributed by atoms with Crippen molar-refractivity contribution in [1.29, 1.82) is 0 Å². The SMILES string of the molecule is CCC[C@@H](O)C1CCCC(CC)C1. The molecule has 1 aliphatic carbocycles. The van der Waals surface area contributed by atoms with Crippen LogP contribution in [-0.4, -0.2) is 11.2 Å². The molecule has 1 rings (SSSR count). The Morgan fingerprint density at radius 1 is 1.31 bits per heavy atom. The molecule has 0 aromatic rings. The lowest BCUT2D eigenvalue weighted by Crippen LogP contribution is -2.26. The topological polar surface area (TPSA) is 20.2 Å². The number of hydrogen-bond acceptors (Lipinski definition) is 1. The van der Waals surface area contributed by atoms with Crippen LogP contribution in [0.1, 0.15) is 58.8 Å². The third-order valence-corrected chi connectivity index (χ3v) is 3.53. The van der Waals surface area contributed by atoms with Crippen molar-refractivity contribution in [2.24, 2.45) is 11.8 Å². The zero-order valence-corrected chi connectivity index (χ0v) is 9.13. The van der Waals surface area contributed by atoms with Gasteiger partial charge in [-0.25, -0.2) is 0 Å². The smallest absolute Gasteiger partial charge is 0.0568 e. The standard InChI is InChI=1S/C12H24O/c1-3-6-12(13)11-8-5-7-10(4-2)9-11/h10-13H,3-9H2,1-2H3/t10?,11?,12-/m1/s1. The van der Waals surface area contributed by atoms with Crippen LogP contribution in [-0.2, 0) is 0 Å². The second kappa shape index (κ2) is 5.64. The first-order chi connectivity index (χ1) is 6.27. The molecule has 0 aromatic heterocycles. The molecule has 0 radical (unpaired) electrons. The average molecular weight is 184 g/mol. The number of hydrogen-bond donors (Lipinski definition) is 1. The van der Waals surface area contributed by atoms with Gasteiger partial charge in [0, 0.05) is 0 Å². The monoisotopic (exact) mass is 184 g/mol. The molecule has 2 unspecified atom stereocenters. The summed E-state index contributed by atoms with van der Waals surface area (Å²) in [5.74, 6) is 1.50. The van der Waals surface area contributed by atoms with E-state index in [0.717, 1.165) is 18.8 Å². The van der Waals surface area contributed by atoms with E-state index in [1.807, 2.05) is 0 Å². The van der Waals surface area contributed by atoms with Crippen molar-refractivity contribution < 1.29 is 5.11 Å². The van der Waals surface area contributed by atoms with Crippen molar-refractivity contribution >= 4 is 0 Å². The molecule has 3 atom stereocenters. The van der Waals surface area contributed by atoms with E-state index >= 15 is 0 Å². The number of aliphatic hydroxyl groups is 1. The second-order valence-electron chi connectivity index (χ2n) is 4.56. The summed E-state index contributed by atoms with van der Waals surface area (Å²) in [5, 5.41) is 9.89. The van der Waals surface area contributed by atoms with Crippen LogP contribution in [0.4, 0.5) is 0 Å². The van der Waals surface area contributed by atoms with Crippen molar-refractivity contribution in [2.75, 3.05) is 0 Å². The molecule has 1 aliphatic rings. The third-order valence-electron chi connectivity index (χ3n) is 3.53. The molecule has 1 N–H and O–H groups in total. The third kappa shape index (κ3) is 3.30. The summed E-state index contributed by atoms with van der Waals surface area (Å²) in [6.45, 7) is 4.43. The van der Waals surface area contributed by atoms with Crippen LogP contribution in [0.5, 0.6) is 0 Å². The fraction of sp³-hybridized carbons (Fsp3) is 1.00. The van der Waals surface area contributed by atoms with Gasteiger partial charge in [0.25, 0.3) is 0 Å². The van der Waals surface area contributed by atoms with E-state index in [1.54, 1.807) is 0 Å². The summed E-state index contributed by atoms with van der Waals surface area (Å²) < 4.78 is 0. The van der Waals surface area contributed by atoms with E-state index in [2.05, 4.69) is 13.8 Å². The Balaban J connectivity index is 2.32. The largest absolute Gasteiger partial charge is 0.393 e. The van der Waals surface area contributed by atoms with Gasteiger partial charge in [-0.3, -0.25) is 0 Å². The normalized spacial score (nSPS) is 31.6. The van der Waals surface area contributed by atoms with Gasteiger partial charge in [0.15, 0.2) is 0 Å². The van der Waals surface area contributed by atoms with Crippen LogP contribution in [0.2, 0.25) is 0 Å². The molecule has 0 aliphatic heterocycles. The molecular formula is C12H24O. The zero-order valence-electron chi connectivity index (χ0n) is 9.13. The Bertz CT molecular complexity index is 133. The Hall–Kier alpha value is -0.0400. The highest BCUT2D eigenvalue weighted by Gasteiger charge is 2.25. The van der Waals surface area contributed by atoms with Crippen LogP contribution in [0.3, 0.4) is 0 Å². The maximum atomic E-state index is 9.89. The summed E-state index contributed by atoms with van der Waals surface area (Å²) in [6.07, 6.45) is 8.68. The predicted octanol–water partition coefficient (Wildman–Crippen LogP) is 3.36. The molecular weight excluding hydrogens is 160 g/mol. The Labute approximate surface area is 82.5 Å². The molecule has 0 bridgehead atoms. The van der Waals surface area contributed by atoms with Crippen molar-refractivity contribution in [3.8, 4) is 0 Å². The number of rotatable bonds is 4. The van der Waals surface area contributed by atoms with Crippen LogP contribution >= 0.6 is 0 Å². The Kier molecular flexibility index (Phi) is 4.79. The minimum Gasteiger partial charge on any atom is -0.393 e. The molecule has 0 aromatic carbocycles. The minimum absolute atomic E-state index is 0.0145. The van der Waals surface area contributed by atoms with Crippen LogP contribution in [0, 0.1) is 11.8 Å². The van der Waals surface area contributed by atoms with Crippen molar-refractivity contribution in [1.82, 2.24) is 0 Å². The lowest BCUT2D eigenvalue weighted by atomic mass is 9.77. The molecule has 0 amide bonds. The van der Waals surface area contributed by atoms with Gasteiger partial charge < -0.3 is 5.11 Å². The van der Waals surface area contributed by atoms with Crippen molar-refractivity contribution in [2.45, 2.75) is 64.9 Å². The predicted molar refractivity (Wildman–Crippen MR) is 56.7 cm³/mol. The van der Waals surface area contributed by atoms with E-state index in [1.165, 1.54) is 32.1 Å². The molecule has 0 spiro atoms. The van der Waals surface area contributed by atoms with Crippen LogP contribution in [0.15, 0.2) is 0 Å². The van der Waals surface area contributed by atoms with Gasteiger partial charge in [-0.2, -0.15) is 0 Å². The molecule has 78 valence electrons. The molecule has 13 heavy (non-hydrogen) atoms. The molecule has 1 heteroatoms. The van der Waals surface area contributed by atoms with Gasteiger partial charge >= 0.3 is 0 Å². The maximum absolute atomic E-state index is 9.89. The van der Waals surface area contributed by atoms with Crippen LogP contribution in [0.25, 0.3) is 0 Å². The maximum Gasteiger partial charge on any atom is 0.0568 e. The first kappa shape index (κ1) is 11.0. The first-order valence-corrected chi connectivity index (χ1v) is 5.96. The second-order valence-corrected chi connectivity index (χ2v) is 4.56. The molecule has 0 heterocycles. The highest BCUT2D eigenvalue weighted by atomic mass is 16.3. The van der Waals surface area contributed by atoms with Gasteiger partial charge in [0.1, 0.15) is 0 Å². The fourth-order valence-corrected chi connectivity index (χ4v) is 2.58. The molecule has 1 fully saturated rings. The zero-order chi connectivity index (χ0) is 9.68. The van der Waals surface area contributed by atoms with E-state index < -0.39 is 0 Å². The summed E-state index contributed by atoms with van der Waals surface area (Å²) in [5.41, 5.74) is 0. The van der Waals surface area contributed by atoms with Gasteiger partial charge in [-0.05, 0) is 31.1 Å². The summed E-state index contributed by atoms with van der Waals surface area (Å²) in [7, 11) is 0. The minimum atomic E-state index is -0.0145. The highest BCUT2D eigenvalue weighted by molar-refractivity contribution is 4.77. The number of aliphatic hydroxyl groups excluding tert-OH is 1. The van der Waals surface area contributed by atoms with E-state index in [9.17, 15) is 5.11 Å². The molecule has 1 nitrogen and oxygen atoms in total. The van der Waals surface area contributed by atoms with Gasteiger partial charge in [-0.1, -0.05) is 39.5 Å². The summed E-state index contributed by atoms with van der Waals surface area (Å²) in [4.78, 5) is 0. The summed E-state index contributed by atoms with van der Waals surface area (Å²) >= 11 is 0. The molecule has 1 saturated carbocycles. The first-order valence-electron chi connectivity index (χ1n) is 5.96. The van der Waals surface area contributed by atoms with E-state index in [0.29, 0.717) is 5.92 Å². The van der Waals surface area contributed by atoms with Gasteiger partial charge in [0.05, 0.1) is 6.10 Å². The van der Waals surface area contributed by atoms with Crippen LogP contribution < -0.4 is 0 Å². The van der Waals surface area contributed by atoms with E-state index in [4.69, 9.17) is 0 Å². The van der Waals surface area contributed by atoms with E-state index in [-0.39, 0.29) is 6.10 Å². The lowest BCUT2D eigenvalue weighted by Gasteiger charge is -2.31. The lowest BCUT2D eigenvalue weighted by molar-refractivity contribution is 0.0610. The highest BCUT2D eigenvalue weighted by Crippen LogP contribution is 2.33. The average Bonchev–Trinajstić information content (AvgIpc) is 2.18. The fourth-order valence-electron chi connectivity index (χ4n) is 2.58. The van der Waals surface area contributed by atoms with Crippen molar-refractivity contribution in [3.63, 3.8) is 0 Å². The quantitative estimate of drug-likeness (QED) is 0.710. The Morgan fingerprint density at radius 3 is 2.69 bits per heavy atom. The molecule has 0 saturated heterocycles. The van der Waals surface area contributed by atoms with Gasteiger partial charge in [0.2, 0.25) is 0 Å². The summed E-state index contributed by atoms with van der Waals surface area (Å²) in [6, 6.07) is 0. The Morgan fingerprint density at radius 2 is 2.08 bits per heavy atom. The van der Waals surface area contributed by atoms with Crippen molar-refractivity contribution in [3.05, 3.63) is 0 Å².